The smallest absolute Gasteiger partial charge is 0.201 e. The van der Waals surface area contributed by atoms with E-state index in [4.69, 9.17) is 10.1 Å². The molecule has 1 aliphatic rings. The first-order chi connectivity index (χ1) is 11.3. The van der Waals surface area contributed by atoms with Crippen LogP contribution >= 0.6 is 0 Å². The Morgan fingerprint density at radius 2 is 2.13 bits per heavy atom. The number of ether oxygens (including phenoxy) is 1. The summed E-state index contributed by atoms with van der Waals surface area (Å²) in [5, 5.41) is 8.51. The minimum absolute atomic E-state index is 0.292. The van der Waals surface area contributed by atoms with E-state index in [2.05, 4.69) is 15.0 Å². The zero-order chi connectivity index (χ0) is 15.6. The predicted molar refractivity (Wildman–Crippen MR) is 86.3 cm³/mol. The van der Waals surface area contributed by atoms with Crippen LogP contribution in [-0.2, 0) is 11.2 Å². The molecule has 0 fully saturated rings. The first kappa shape index (κ1) is 13.5. The molecule has 0 spiro atoms. The number of H-pyrrole nitrogens is 1. The molecule has 114 valence electrons. The molecule has 6 heteroatoms. The van der Waals surface area contributed by atoms with Gasteiger partial charge in [-0.05, 0) is 17.7 Å². The van der Waals surface area contributed by atoms with Gasteiger partial charge < -0.3 is 9.72 Å². The van der Waals surface area contributed by atoms with E-state index in [9.17, 15) is 0 Å². The maximum Gasteiger partial charge on any atom is 0.201 e. The van der Waals surface area contributed by atoms with Gasteiger partial charge in [-0.1, -0.05) is 36.4 Å². The van der Waals surface area contributed by atoms with Crippen molar-refractivity contribution in [2.24, 2.45) is 0 Å². The third kappa shape index (κ3) is 2.44. The molecule has 3 heterocycles. The van der Waals surface area contributed by atoms with Gasteiger partial charge in [-0.2, -0.15) is 0 Å². The first-order valence-corrected chi connectivity index (χ1v) is 7.36. The van der Waals surface area contributed by atoms with E-state index in [1.807, 2.05) is 48.6 Å². The van der Waals surface area contributed by atoms with Crippen LogP contribution in [0, 0.1) is 5.41 Å². The second kappa shape index (κ2) is 5.57. The number of rotatable bonds is 3. The van der Waals surface area contributed by atoms with Crippen LogP contribution in [0.25, 0.3) is 17.0 Å². The van der Waals surface area contributed by atoms with E-state index in [1.54, 1.807) is 10.9 Å². The molecule has 1 aliphatic heterocycles. The standard InChI is InChI=1S/C17H15N5O/c18-16-15-17(20-11-19-15)21-13(10-12-6-2-1-3-7-12)22(16)14-8-4-5-9-23-14/h1-8,11,18H,9-10H2,(H,19,20). The van der Waals surface area contributed by atoms with Gasteiger partial charge in [0.15, 0.2) is 11.1 Å². The van der Waals surface area contributed by atoms with Gasteiger partial charge in [0, 0.05) is 6.42 Å². The second-order valence-electron chi connectivity index (χ2n) is 5.22. The summed E-state index contributed by atoms with van der Waals surface area (Å²) in [5.74, 6) is 1.33. The summed E-state index contributed by atoms with van der Waals surface area (Å²) in [6.07, 6.45) is 7.85. The molecule has 0 aliphatic carbocycles. The number of allylic oxidation sites excluding steroid dienone is 2. The number of aromatic nitrogens is 4. The van der Waals surface area contributed by atoms with Crippen molar-refractivity contribution < 1.29 is 4.74 Å². The molecule has 0 saturated heterocycles. The lowest BCUT2D eigenvalue weighted by molar-refractivity contribution is 0.289. The molecule has 0 atom stereocenters. The van der Waals surface area contributed by atoms with Crippen LogP contribution in [0.4, 0.5) is 0 Å². The minimum atomic E-state index is 0.292. The zero-order valence-electron chi connectivity index (χ0n) is 12.4. The number of hydrogen-bond donors (Lipinski definition) is 2. The van der Waals surface area contributed by atoms with Gasteiger partial charge in [0.05, 0.1) is 6.33 Å². The van der Waals surface area contributed by atoms with Crippen LogP contribution in [0.3, 0.4) is 0 Å². The van der Waals surface area contributed by atoms with Gasteiger partial charge in [0.2, 0.25) is 5.88 Å². The van der Waals surface area contributed by atoms with E-state index < -0.39 is 0 Å². The molecule has 6 nitrogen and oxygen atoms in total. The normalized spacial score (nSPS) is 13.8. The lowest BCUT2D eigenvalue weighted by atomic mass is 10.1. The van der Waals surface area contributed by atoms with Crippen molar-refractivity contribution in [3.63, 3.8) is 0 Å². The molecule has 3 aromatic rings. The van der Waals surface area contributed by atoms with Crippen molar-refractivity contribution in [1.82, 2.24) is 19.5 Å². The molecule has 0 amide bonds. The Kier molecular flexibility index (Phi) is 3.27. The molecular formula is C17H15N5O. The molecule has 0 saturated carbocycles. The molecular weight excluding hydrogens is 290 g/mol. The first-order valence-electron chi connectivity index (χ1n) is 7.36. The predicted octanol–water partition coefficient (Wildman–Crippen LogP) is 2.21. The highest BCUT2D eigenvalue weighted by atomic mass is 16.5. The average Bonchev–Trinajstić information content (AvgIpc) is 3.06. The van der Waals surface area contributed by atoms with Crippen molar-refractivity contribution in [2.75, 3.05) is 6.61 Å². The molecule has 0 radical (unpaired) electrons. The summed E-state index contributed by atoms with van der Waals surface area (Å²) in [5.41, 5.74) is 2.56. The van der Waals surface area contributed by atoms with Crippen LogP contribution in [0.15, 0.2) is 54.9 Å². The van der Waals surface area contributed by atoms with E-state index in [0.29, 0.717) is 35.6 Å². The summed E-state index contributed by atoms with van der Waals surface area (Å²) in [4.78, 5) is 11.8. The van der Waals surface area contributed by atoms with Crippen LogP contribution in [0.2, 0.25) is 0 Å². The maximum atomic E-state index is 8.51. The monoisotopic (exact) mass is 305 g/mol. The highest BCUT2D eigenvalue weighted by Crippen LogP contribution is 2.16. The van der Waals surface area contributed by atoms with Crippen LogP contribution in [0.5, 0.6) is 0 Å². The summed E-state index contributed by atoms with van der Waals surface area (Å²) >= 11 is 0. The largest absolute Gasteiger partial charge is 0.474 e. The number of imidazole rings is 1. The highest BCUT2D eigenvalue weighted by Gasteiger charge is 2.15. The van der Waals surface area contributed by atoms with Gasteiger partial charge >= 0.3 is 0 Å². The fourth-order valence-electron chi connectivity index (χ4n) is 2.62. The number of aromatic amines is 1. The third-order valence-electron chi connectivity index (χ3n) is 3.70. The Morgan fingerprint density at radius 1 is 1.26 bits per heavy atom. The highest BCUT2D eigenvalue weighted by molar-refractivity contribution is 5.69. The Morgan fingerprint density at radius 3 is 2.91 bits per heavy atom. The number of nitrogens with one attached hydrogen (secondary N) is 2. The SMILES string of the molecule is N=c1c2[nH]cnc2nc(Cc2ccccc2)n1C1=CC=CCO1. The maximum absolute atomic E-state index is 8.51. The van der Waals surface area contributed by atoms with Crippen LogP contribution < -0.4 is 5.49 Å². The molecule has 0 unspecified atom stereocenters. The Hall–Kier alpha value is -3.15. The number of benzene rings is 1. The fourth-order valence-corrected chi connectivity index (χ4v) is 2.62. The van der Waals surface area contributed by atoms with Gasteiger partial charge in [0.25, 0.3) is 0 Å². The molecule has 2 aromatic heterocycles. The topological polar surface area (TPSA) is 79.6 Å². The summed E-state index contributed by atoms with van der Waals surface area (Å²) in [7, 11) is 0. The Bertz CT molecular complexity index is 966. The van der Waals surface area contributed by atoms with Crippen LogP contribution in [-0.4, -0.2) is 26.1 Å². The van der Waals surface area contributed by atoms with Crippen molar-refractivity contribution >= 4 is 17.0 Å². The molecule has 23 heavy (non-hydrogen) atoms. The lowest BCUT2D eigenvalue weighted by Gasteiger charge is -2.18. The number of nitrogens with zero attached hydrogens (tertiary/aromatic N) is 3. The van der Waals surface area contributed by atoms with Crippen molar-refractivity contribution in [3.05, 3.63) is 71.8 Å². The quantitative estimate of drug-likeness (QED) is 0.778. The van der Waals surface area contributed by atoms with Crippen molar-refractivity contribution in [1.29, 1.82) is 5.41 Å². The molecule has 2 N–H and O–H groups in total. The number of hydrogen-bond acceptors (Lipinski definition) is 4. The Labute approximate surface area is 132 Å². The van der Waals surface area contributed by atoms with Gasteiger partial charge in [-0.15, -0.1) is 0 Å². The van der Waals surface area contributed by atoms with E-state index in [-0.39, 0.29) is 0 Å². The summed E-state index contributed by atoms with van der Waals surface area (Å²) in [6.45, 7) is 0.490. The van der Waals surface area contributed by atoms with E-state index in [1.165, 1.54) is 0 Å². The summed E-state index contributed by atoms with van der Waals surface area (Å²) in [6, 6.07) is 10.1. The Balaban J connectivity index is 1.92. The zero-order valence-corrected chi connectivity index (χ0v) is 12.4. The van der Waals surface area contributed by atoms with Crippen LogP contribution in [0.1, 0.15) is 11.4 Å². The van der Waals surface area contributed by atoms with E-state index in [0.717, 1.165) is 11.4 Å². The van der Waals surface area contributed by atoms with Crippen molar-refractivity contribution in [2.45, 2.75) is 6.42 Å². The molecule has 1 aromatic carbocycles. The minimum Gasteiger partial charge on any atom is -0.474 e. The fraction of sp³-hybridized carbons (Fsp3) is 0.118. The van der Waals surface area contributed by atoms with Gasteiger partial charge in [0.1, 0.15) is 17.9 Å². The molecule has 4 rings (SSSR count). The molecule has 0 bridgehead atoms. The van der Waals surface area contributed by atoms with Crippen molar-refractivity contribution in [3.8, 4) is 0 Å². The average molecular weight is 305 g/mol. The van der Waals surface area contributed by atoms with E-state index >= 15 is 0 Å². The number of fused-ring (bicyclic) bond motifs is 1. The lowest BCUT2D eigenvalue weighted by Crippen LogP contribution is -2.27. The summed E-state index contributed by atoms with van der Waals surface area (Å²) < 4.78 is 7.42. The van der Waals surface area contributed by atoms with Gasteiger partial charge in [-0.25, -0.2) is 9.97 Å². The van der Waals surface area contributed by atoms with Gasteiger partial charge in [-0.3, -0.25) is 9.98 Å². The third-order valence-corrected chi connectivity index (χ3v) is 3.70. The second-order valence-corrected chi connectivity index (χ2v) is 5.22.